The number of nitrogens with one attached hydrogen (secondary N) is 7. The summed E-state index contributed by atoms with van der Waals surface area (Å²) in [6, 6.07) is 3.53. The second-order valence-corrected chi connectivity index (χ2v) is 16.1. The van der Waals surface area contributed by atoms with Crippen molar-refractivity contribution < 1.29 is 48.9 Å². The van der Waals surface area contributed by atoms with Gasteiger partial charge in [-0.25, -0.2) is 0 Å². The second-order valence-electron chi connectivity index (χ2n) is 16.1. The maximum Gasteiger partial charge on any atom is 0.305 e. The summed E-state index contributed by atoms with van der Waals surface area (Å²) in [5.41, 5.74) is 13.6. The molecule has 1 aliphatic heterocycles. The van der Waals surface area contributed by atoms with Gasteiger partial charge in [-0.05, 0) is 69.7 Å². The number of fused-ring (bicyclic) bond motifs is 1. The zero-order valence-corrected chi connectivity index (χ0v) is 34.1. The van der Waals surface area contributed by atoms with Crippen molar-refractivity contribution in [2.45, 2.75) is 126 Å². The number of para-hydroxylation sites is 1. The second kappa shape index (κ2) is 24.2. The average molecular weight is 842 g/mol. The number of amides is 5. The molecule has 332 valence electrons. The minimum atomic E-state index is -1.20. The Kier molecular flexibility index (Phi) is 19.2. The number of carboxylic acid groups (broad SMARTS) is 2. The molecule has 8 atom stereocenters. The van der Waals surface area contributed by atoms with Crippen molar-refractivity contribution in [1.82, 2.24) is 36.9 Å². The zero-order valence-electron chi connectivity index (χ0n) is 34.1. The summed E-state index contributed by atoms with van der Waals surface area (Å²) in [7, 11) is 0. The first-order chi connectivity index (χ1) is 28.8. The monoisotopic (exact) mass is 841 g/mol. The Morgan fingerprint density at radius 1 is 0.750 bits per heavy atom. The van der Waals surface area contributed by atoms with E-state index in [0.29, 0.717) is 38.8 Å². The third-order valence-electron chi connectivity index (χ3n) is 11.3. The number of aliphatic hydroxyl groups is 1. The van der Waals surface area contributed by atoms with Crippen molar-refractivity contribution in [3.8, 4) is 0 Å². The van der Waals surface area contributed by atoms with E-state index in [9.17, 15) is 43.8 Å². The molecule has 0 spiro atoms. The molecular weight excluding hydrogens is 779 g/mol. The van der Waals surface area contributed by atoms with E-state index in [1.165, 1.54) is 0 Å². The van der Waals surface area contributed by atoms with Crippen molar-refractivity contribution >= 4 is 52.4 Å². The molecule has 2 heterocycles. The maximum absolute atomic E-state index is 14.0. The molecule has 1 aliphatic carbocycles. The lowest BCUT2D eigenvalue weighted by atomic mass is 9.84. The number of aromatic amines is 1. The number of piperidine rings is 1. The fraction of sp³-hybridized carbons (Fsp3) is 0.634. The Labute approximate surface area is 349 Å². The van der Waals surface area contributed by atoms with Gasteiger partial charge < -0.3 is 63.7 Å². The number of hydrogen-bond donors (Lipinski definition) is 12. The summed E-state index contributed by atoms with van der Waals surface area (Å²) >= 11 is 0. The Hall–Kier alpha value is -5.11. The Morgan fingerprint density at radius 3 is 2.08 bits per heavy atom. The number of carbonyl (C=O) groups is 7. The number of aliphatic hydroxyl groups excluding tert-OH is 1. The van der Waals surface area contributed by atoms with Crippen LogP contribution in [0.5, 0.6) is 0 Å². The van der Waals surface area contributed by atoms with Crippen LogP contribution in [0.4, 0.5) is 0 Å². The highest BCUT2D eigenvalue weighted by molar-refractivity contribution is 5.86. The van der Waals surface area contributed by atoms with Crippen LogP contribution in [0.1, 0.15) is 89.0 Å². The maximum atomic E-state index is 14.0. The number of H-pyrrole nitrogens is 1. The number of hydrogen-bond acceptors (Lipinski definition) is 11. The van der Waals surface area contributed by atoms with Crippen LogP contribution in [0.2, 0.25) is 0 Å². The number of benzene rings is 1. The molecule has 0 bridgehead atoms. The molecule has 1 aromatic carbocycles. The Morgan fingerprint density at radius 2 is 1.40 bits per heavy atom. The van der Waals surface area contributed by atoms with E-state index >= 15 is 0 Å². The Balaban J connectivity index is 1.40. The number of nitrogens with two attached hydrogens (primary N) is 2. The van der Waals surface area contributed by atoms with Gasteiger partial charge >= 0.3 is 11.9 Å². The normalized spacial score (nSPS) is 21.1. The minimum Gasteiger partial charge on any atom is -0.481 e. The van der Waals surface area contributed by atoms with Crippen molar-refractivity contribution in [3.63, 3.8) is 0 Å². The van der Waals surface area contributed by atoms with Crippen molar-refractivity contribution in [2.24, 2.45) is 23.3 Å². The summed E-state index contributed by atoms with van der Waals surface area (Å²) < 4.78 is 0. The van der Waals surface area contributed by atoms with Crippen LogP contribution in [0.25, 0.3) is 10.9 Å². The molecule has 0 radical (unpaired) electrons. The van der Waals surface area contributed by atoms with Gasteiger partial charge in [-0.1, -0.05) is 31.0 Å². The van der Waals surface area contributed by atoms with Gasteiger partial charge in [-0.2, -0.15) is 0 Å². The van der Waals surface area contributed by atoms with Crippen LogP contribution in [0.3, 0.4) is 0 Å². The minimum absolute atomic E-state index is 0.0872. The lowest BCUT2D eigenvalue weighted by molar-refractivity contribution is -0.140. The number of rotatable bonds is 24. The van der Waals surface area contributed by atoms with E-state index in [-0.39, 0.29) is 62.9 Å². The quantitative estimate of drug-likeness (QED) is 0.0636. The first kappa shape index (κ1) is 47.6. The van der Waals surface area contributed by atoms with Crippen LogP contribution in [-0.4, -0.2) is 124 Å². The molecule has 1 saturated carbocycles. The third-order valence-corrected chi connectivity index (χ3v) is 11.3. The summed E-state index contributed by atoms with van der Waals surface area (Å²) in [6.07, 6.45) is 5.10. The van der Waals surface area contributed by atoms with E-state index < -0.39 is 84.7 Å². The van der Waals surface area contributed by atoms with E-state index in [2.05, 4.69) is 36.9 Å². The van der Waals surface area contributed by atoms with Crippen LogP contribution in [0, 0.1) is 11.8 Å². The molecule has 2 aromatic rings. The lowest BCUT2D eigenvalue weighted by Gasteiger charge is -2.33. The first-order valence-corrected chi connectivity index (χ1v) is 21.0. The topological polar surface area (TPSA) is 320 Å². The molecule has 1 aromatic heterocycles. The summed E-state index contributed by atoms with van der Waals surface area (Å²) in [6.45, 7) is 0.609. The van der Waals surface area contributed by atoms with Gasteiger partial charge in [0.25, 0.3) is 0 Å². The third kappa shape index (κ3) is 15.5. The van der Waals surface area contributed by atoms with Crippen LogP contribution < -0.4 is 43.4 Å². The smallest absolute Gasteiger partial charge is 0.305 e. The highest BCUT2D eigenvalue weighted by Gasteiger charge is 2.35. The summed E-state index contributed by atoms with van der Waals surface area (Å²) in [5.74, 6) is -5.59. The van der Waals surface area contributed by atoms with E-state index in [1.54, 1.807) is 6.20 Å². The first-order valence-electron chi connectivity index (χ1n) is 21.0. The highest BCUT2D eigenvalue weighted by atomic mass is 16.4. The number of carboxylic acids is 2. The van der Waals surface area contributed by atoms with Crippen LogP contribution in [-0.2, 0) is 40.0 Å². The zero-order chi connectivity index (χ0) is 43.6. The number of aliphatic carboxylic acids is 2. The molecule has 4 rings (SSSR count). The van der Waals surface area contributed by atoms with Gasteiger partial charge in [0, 0.05) is 79.5 Å². The molecule has 2 fully saturated rings. The molecule has 19 nitrogen and oxygen atoms in total. The standard InChI is InChI=1S/C41H63N9O10/c42-14-5-6-25(46-36(53)19-28(23-51)49-40(59)30-8-1-3-9-32(30)43)17-37(54)50-34-13-15-44-22-31(34)41(60)48-27(16-24-21-45-33-10-4-2-7-29(24)33)18-35(52)47-26(20-39(57)58)11-12-38(55)56/h2,4,7,10,21,25-28,30-32,34,44-45,51H,1,3,5-6,8-9,11-20,22-23,42-43H2,(H,46,53)(H,47,52)(H,48,60)(H,49,59)(H,50,54)(H,55,56)(H,57,58)/t25-,26-,27-,28+,30+,31+,32+,34+/m0/s1. The molecule has 19 heteroatoms. The van der Waals surface area contributed by atoms with Gasteiger partial charge in [0.05, 0.1) is 30.9 Å². The van der Waals surface area contributed by atoms with Crippen LogP contribution >= 0.6 is 0 Å². The van der Waals surface area contributed by atoms with Gasteiger partial charge in [-0.15, -0.1) is 0 Å². The summed E-state index contributed by atoms with van der Waals surface area (Å²) in [4.78, 5) is 92.8. The molecule has 2 aliphatic rings. The Bertz CT molecular complexity index is 1770. The van der Waals surface area contributed by atoms with Crippen molar-refractivity contribution in [2.75, 3.05) is 26.2 Å². The van der Waals surface area contributed by atoms with E-state index in [4.69, 9.17) is 16.6 Å². The fourth-order valence-corrected chi connectivity index (χ4v) is 8.14. The van der Waals surface area contributed by atoms with E-state index in [1.807, 2.05) is 24.3 Å². The number of carbonyl (C=O) groups excluding carboxylic acids is 5. The molecule has 60 heavy (non-hydrogen) atoms. The predicted molar refractivity (Wildman–Crippen MR) is 221 cm³/mol. The molecule has 14 N–H and O–H groups in total. The molecule has 5 amide bonds. The van der Waals surface area contributed by atoms with Gasteiger partial charge in [0.2, 0.25) is 29.5 Å². The van der Waals surface area contributed by atoms with Crippen molar-refractivity contribution in [3.05, 3.63) is 36.0 Å². The van der Waals surface area contributed by atoms with Gasteiger partial charge in [0.15, 0.2) is 0 Å². The highest BCUT2D eigenvalue weighted by Crippen LogP contribution is 2.24. The fourth-order valence-electron chi connectivity index (χ4n) is 8.14. The predicted octanol–water partition coefficient (Wildman–Crippen LogP) is -0.498. The average Bonchev–Trinajstić information content (AvgIpc) is 3.61. The molecule has 0 unspecified atom stereocenters. The van der Waals surface area contributed by atoms with Gasteiger partial charge in [0.1, 0.15) is 0 Å². The van der Waals surface area contributed by atoms with E-state index in [0.717, 1.165) is 35.7 Å². The largest absolute Gasteiger partial charge is 0.481 e. The molecular formula is C41H63N9O10. The molecule has 1 saturated heterocycles. The van der Waals surface area contributed by atoms with Gasteiger partial charge in [-0.3, -0.25) is 33.6 Å². The SMILES string of the molecule is NCCC[C@@H](CC(=O)N[C@@H]1CCNC[C@H]1C(=O)N[C@H](CC(=O)N[C@@H](CCC(=O)O)CC(=O)O)Cc1c[nH]c2ccccc12)NC(=O)C[C@H](CO)NC(=O)[C@@H]1CCCC[C@H]1N. The van der Waals surface area contributed by atoms with Crippen LogP contribution in [0.15, 0.2) is 30.5 Å². The number of aromatic nitrogens is 1. The summed E-state index contributed by atoms with van der Waals surface area (Å²) in [5, 5.41) is 46.8. The van der Waals surface area contributed by atoms with Crippen molar-refractivity contribution in [1.29, 1.82) is 0 Å². The lowest BCUT2D eigenvalue weighted by Crippen LogP contribution is -2.57.